The number of rotatable bonds is 4. The van der Waals surface area contributed by atoms with E-state index < -0.39 is 0 Å². The van der Waals surface area contributed by atoms with E-state index in [2.05, 4.69) is 5.32 Å². The number of benzene rings is 2. The average Bonchev–Trinajstić information content (AvgIpc) is 2.92. The lowest BCUT2D eigenvalue weighted by atomic mass is 10.1. The van der Waals surface area contributed by atoms with Gasteiger partial charge < -0.3 is 10.1 Å². The van der Waals surface area contributed by atoms with Crippen molar-refractivity contribution in [3.8, 4) is 5.75 Å². The summed E-state index contributed by atoms with van der Waals surface area (Å²) in [7, 11) is 0. The molecule has 0 atom stereocenters. The van der Waals surface area contributed by atoms with Gasteiger partial charge in [-0.2, -0.15) is 0 Å². The molecule has 0 spiro atoms. The molecule has 1 N–H and O–H groups in total. The third kappa shape index (κ3) is 3.63. The molecule has 116 valence electrons. The minimum Gasteiger partial charge on any atom is -0.488 e. The second-order valence-corrected chi connectivity index (χ2v) is 6.76. The van der Waals surface area contributed by atoms with Crippen molar-refractivity contribution in [2.45, 2.75) is 13.5 Å². The minimum absolute atomic E-state index is 0.143. The topological polar surface area (TPSA) is 38.3 Å². The molecule has 1 aliphatic rings. The highest BCUT2D eigenvalue weighted by Crippen LogP contribution is 2.35. The van der Waals surface area contributed by atoms with Gasteiger partial charge in [-0.1, -0.05) is 72.5 Å². The summed E-state index contributed by atoms with van der Waals surface area (Å²) in [5.74, 6) is 0.614. The molecular formula is C18H15NO2S2. The van der Waals surface area contributed by atoms with Gasteiger partial charge >= 0.3 is 0 Å². The van der Waals surface area contributed by atoms with Gasteiger partial charge in [0, 0.05) is 5.56 Å². The van der Waals surface area contributed by atoms with Crippen LogP contribution in [0, 0.1) is 0 Å². The summed E-state index contributed by atoms with van der Waals surface area (Å²) in [4.78, 5) is 12.6. The Hall–Kier alpha value is -2.11. The van der Waals surface area contributed by atoms with Crippen LogP contribution in [0.5, 0.6) is 5.75 Å². The number of ether oxygens (including phenoxy) is 1. The Balaban J connectivity index is 1.88. The summed E-state index contributed by atoms with van der Waals surface area (Å²) in [5.41, 5.74) is 2.88. The largest absolute Gasteiger partial charge is 0.488 e. The number of allylic oxidation sites excluding steroid dienone is 1. The van der Waals surface area contributed by atoms with Crippen LogP contribution in [0.4, 0.5) is 0 Å². The maximum atomic E-state index is 12.0. The van der Waals surface area contributed by atoms with Crippen molar-refractivity contribution in [2.24, 2.45) is 0 Å². The Morgan fingerprint density at radius 2 is 1.83 bits per heavy atom. The molecule has 0 radical (unpaired) electrons. The van der Waals surface area contributed by atoms with Crippen molar-refractivity contribution in [3.05, 3.63) is 70.6 Å². The molecule has 1 saturated heterocycles. The molecule has 3 nitrogen and oxygen atoms in total. The summed E-state index contributed by atoms with van der Waals surface area (Å²) in [6.45, 7) is 2.40. The smallest absolute Gasteiger partial charge is 0.263 e. The molecule has 1 aliphatic heterocycles. The molecule has 1 fully saturated rings. The second kappa shape index (κ2) is 6.98. The van der Waals surface area contributed by atoms with Crippen LogP contribution in [0.1, 0.15) is 18.1 Å². The van der Waals surface area contributed by atoms with Crippen molar-refractivity contribution in [1.29, 1.82) is 0 Å². The third-order valence-corrected chi connectivity index (χ3v) is 4.82. The van der Waals surface area contributed by atoms with E-state index in [0.29, 0.717) is 15.8 Å². The van der Waals surface area contributed by atoms with E-state index in [1.54, 1.807) is 0 Å². The predicted molar refractivity (Wildman–Crippen MR) is 98.1 cm³/mol. The van der Waals surface area contributed by atoms with Crippen molar-refractivity contribution < 1.29 is 9.53 Å². The summed E-state index contributed by atoms with van der Waals surface area (Å²) < 4.78 is 6.45. The van der Waals surface area contributed by atoms with Gasteiger partial charge in [0.25, 0.3) is 5.91 Å². The first kappa shape index (κ1) is 15.8. The van der Waals surface area contributed by atoms with Gasteiger partial charge in [0.2, 0.25) is 0 Å². The van der Waals surface area contributed by atoms with Gasteiger partial charge in [0.05, 0.1) is 4.91 Å². The van der Waals surface area contributed by atoms with Crippen molar-refractivity contribution >= 4 is 39.8 Å². The first-order chi connectivity index (χ1) is 11.1. The molecule has 1 heterocycles. The van der Waals surface area contributed by atoms with Crippen LogP contribution >= 0.6 is 24.0 Å². The lowest BCUT2D eigenvalue weighted by Gasteiger charge is -2.13. The lowest BCUT2D eigenvalue weighted by molar-refractivity contribution is -0.115. The van der Waals surface area contributed by atoms with E-state index >= 15 is 0 Å². The number of carbonyl (C=O) groups is 1. The van der Waals surface area contributed by atoms with Gasteiger partial charge in [-0.25, -0.2) is 0 Å². The summed E-state index contributed by atoms with van der Waals surface area (Å²) >= 11 is 6.35. The average molecular weight is 341 g/mol. The van der Waals surface area contributed by atoms with Crippen molar-refractivity contribution in [2.75, 3.05) is 0 Å². The van der Waals surface area contributed by atoms with E-state index in [0.717, 1.165) is 22.4 Å². The zero-order valence-corrected chi connectivity index (χ0v) is 14.2. The highest BCUT2D eigenvalue weighted by Gasteiger charge is 2.25. The first-order valence-electron chi connectivity index (χ1n) is 7.15. The third-order valence-electron chi connectivity index (χ3n) is 3.49. The Morgan fingerprint density at radius 1 is 1.13 bits per heavy atom. The SMILES string of the molecule is C/C(=C1/SC(=S)NC1=O)c1ccccc1OCc1ccccc1. The van der Waals surface area contributed by atoms with E-state index in [1.165, 1.54) is 11.8 Å². The van der Waals surface area contributed by atoms with Crippen LogP contribution in [-0.4, -0.2) is 10.2 Å². The molecule has 2 aromatic rings. The second-order valence-electron chi connectivity index (χ2n) is 5.07. The molecule has 5 heteroatoms. The number of carbonyl (C=O) groups excluding carboxylic acids is 1. The van der Waals surface area contributed by atoms with E-state index in [4.69, 9.17) is 17.0 Å². The van der Waals surface area contributed by atoms with Gasteiger partial charge in [-0.05, 0) is 24.1 Å². The summed E-state index contributed by atoms with van der Waals surface area (Å²) in [6.07, 6.45) is 0. The number of hydrogen-bond acceptors (Lipinski definition) is 4. The quantitative estimate of drug-likeness (QED) is 0.670. The molecular weight excluding hydrogens is 326 g/mol. The van der Waals surface area contributed by atoms with Crippen LogP contribution in [-0.2, 0) is 11.4 Å². The molecule has 0 bridgehead atoms. The molecule has 0 unspecified atom stereocenters. The zero-order chi connectivity index (χ0) is 16.2. The number of amides is 1. The van der Waals surface area contributed by atoms with E-state index in [1.807, 2.05) is 61.5 Å². The van der Waals surface area contributed by atoms with Crippen LogP contribution in [0.3, 0.4) is 0 Å². The fraction of sp³-hybridized carbons (Fsp3) is 0.111. The molecule has 2 aromatic carbocycles. The van der Waals surface area contributed by atoms with Crippen LogP contribution in [0.2, 0.25) is 0 Å². The monoisotopic (exact) mass is 341 g/mol. The van der Waals surface area contributed by atoms with E-state index in [-0.39, 0.29) is 5.91 Å². The van der Waals surface area contributed by atoms with Gasteiger partial charge in [0.15, 0.2) is 0 Å². The number of hydrogen-bond donors (Lipinski definition) is 1. The van der Waals surface area contributed by atoms with Gasteiger partial charge in [0.1, 0.15) is 16.7 Å². The number of para-hydroxylation sites is 1. The molecule has 3 rings (SSSR count). The van der Waals surface area contributed by atoms with Crippen LogP contribution in [0.25, 0.3) is 5.57 Å². The first-order valence-corrected chi connectivity index (χ1v) is 8.38. The Labute approximate surface area is 144 Å². The Bertz CT molecular complexity index is 785. The molecule has 1 amide bonds. The highest BCUT2D eigenvalue weighted by atomic mass is 32.2. The minimum atomic E-state index is -0.143. The number of nitrogens with one attached hydrogen (secondary N) is 1. The lowest BCUT2D eigenvalue weighted by Crippen LogP contribution is -2.18. The Morgan fingerprint density at radius 3 is 2.52 bits per heavy atom. The standard InChI is InChI=1S/C18H15NO2S2/c1-12(16-17(20)19-18(22)23-16)14-9-5-6-10-15(14)21-11-13-7-3-2-4-8-13/h2-10H,11H2,1H3,(H,19,20,22)/b16-12-. The molecule has 0 aliphatic carbocycles. The fourth-order valence-electron chi connectivity index (χ4n) is 2.32. The van der Waals surface area contributed by atoms with E-state index in [9.17, 15) is 4.79 Å². The van der Waals surface area contributed by atoms with Crippen LogP contribution in [0.15, 0.2) is 59.5 Å². The van der Waals surface area contributed by atoms with Crippen molar-refractivity contribution in [1.82, 2.24) is 5.32 Å². The molecule has 0 aromatic heterocycles. The van der Waals surface area contributed by atoms with Crippen LogP contribution < -0.4 is 10.1 Å². The fourth-order valence-corrected chi connectivity index (χ4v) is 3.40. The number of thioether (sulfide) groups is 1. The highest BCUT2D eigenvalue weighted by molar-refractivity contribution is 8.26. The summed E-state index contributed by atoms with van der Waals surface area (Å²) in [5, 5.41) is 2.65. The number of thiocarbonyl (C=S) groups is 1. The predicted octanol–water partition coefficient (Wildman–Crippen LogP) is 4.14. The maximum absolute atomic E-state index is 12.0. The normalized spacial score (nSPS) is 16.2. The summed E-state index contributed by atoms with van der Waals surface area (Å²) in [6, 6.07) is 17.7. The van der Waals surface area contributed by atoms with Crippen molar-refractivity contribution in [3.63, 3.8) is 0 Å². The molecule has 23 heavy (non-hydrogen) atoms. The van der Waals surface area contributed by atoms with Gasteiger partial charge in [-0.15, -0.1) is 0 Å². The van der Waals surface area contributed by atoms with Gasteiger partial charge in [-0.3, -0.25) is 4.79 Å². The molecule has 0 saturated carbocycles. The Kier molecular flexibility index (Phi) is 4.79. The zero-order valence-electron chi connectivity index (χ0n) is 12.5. The maximum Gasteiger partial charge on any atom is 0.263 e.